The number of nitrogens with zero attached hydrogens (tertiary/aromatic N) is 3. The lowest BCUT2D eigenvalue weighted by Crippen LogP contribution is -2.37. The minimum atomic E-state index is 0.171. The van der Waals surface area contributed by atoms with Gasteiger partial charge in [-0.1, -0.05) is 0 Å². The van der Waals surface area contributed by atoms with E-state index >= 15 is 0 Å². The van der Waals surface area contributed by atoms with E-state index in [1.807, 2.05) is 6.20 Å². The molecule has 5 heteroatoms. The quantitative estimate of drug-likeness (QED) is 0.769. The lowest BCUT2D eigenvalue weighted by atomic mass is 9.79. The summed E-state index contributed by atoms with van der Waals surface area (Å²) in [7, 11) is 8.18. The van der Waals surface area contributed by atoms with Crippen LogP contribution in [-0.4, -0.2) is 48.7 Å². The van der Waals surface area contributed by atoms with Gasteiger partial charge in [0.15, 0.2) is 0 Å². The van der Waals surface area contributed by atoms with Gasteiger partial charge in [0, 0.05) is 41.2 Å². The topological polar surface area (TPSA) is 42.3 Å². The smallest absolute Gasteiger partial charge is 0.136 e. The molecule has 2 aromatic heterocycles. The molecule has 0 radical (unpaired) electrons. The Labute approximate surface area is 172 Å². The fraction of sp³-hybridized carbons (Fsp3) is 0.458. The maximum atomic E-state index is 5.58. The van der Waals surface area contributed by atoms with Crippen molar-refractivity contribution in [3.05, 3.63) is 46.3 Å². The fourth-order valence-electron chi connectivity index (χ4n) is 5.41. The second-order valence-electron chi connectivity index (χ2n) is 8.88. The summed E-state index contributed by atoms with van der Waals surface area (Å²) in [5.41, 5.74) is 4.28. The van der Waals surface area contributed by atoms with Crippen LogP contribution < -0.4 is 15.9 Å². The molecule has 3 aliphatic rings. The zero-order valence-electron chi connectivity index (χ0n) is 18.0. The monoisotopic (exact) mass is 390 g/mol. The Kier molecular flexibility index (Phi) is 4.14. The highest BCUT2D eigenvalue weighted by Crippen LogP contribution is 2.66. The molecular formula is C24H30N4O. The largest absolute Gasteiger partial charge is 0.497 e. The van der Waals surface area contributed by atoms with Crippen LogP contribution in [0, 0.1) is 11.3 Å². The Morgan fingerprint density at radius 1 is 1.34 bits per heavy atom. The minimum absolute atomic E-state index is 0.171. The summed E-state index contributed by atoms with van der Waals surface area (Å²) in [6.07, 6.45) is 11.1. The Morgan fingerprint density at radius 2 is 2.17 bits per heavy atom. The predicted octanol–water partition coefficient (Wildman–Crippen LogP) is 2.38. The normalized spacial score (nSPS) is 24.3. The summed E-state index contributed by atoms with van der Waals surface area (Å²) >= 11 is 0. The first-order valence-corrected chi connectivity index (χ1v) is 10.5. The van der Waals surface area contributed by atoms with Gasteiger partial charge >= 0.3 is 0 Å². The molecule has 5 rings (SSSR count). The van der Waals surface area contributed by atoms with Crippen molar-refractivity contribution in [2.24, 2.45) is 18.4 Å². The molecule has 2 atom stereocenters. The van der Waals surface area contributed by atoms with E-state index in [4.69, 9.17) is 9.72 Å². The van der Waals surface area contributed by atoms with Gasteiger partial charge in [0.25, 0.3) is 0 Å². The maximum absolute atomic E-state index is 5.58. The Balaban J connectivity index is 1.67. The van der Waals surface area contributed by atoms with Crippen molar-refractivity contribution in [3.63, 3.8) is 0 Å². The molecule has 0 aliphatic heterocycles. The highest BCUT2D eigenvalue weighted by atomic mass is 16.5. The molecule has 1 saturated carbocycles. The zero-order valence-corrected chi connectivity index (χ0v) is 18.0. The highest BCUT2D eigenvalue weighted by molar-refractivity contribution is 5.94. The number of ether oxygens (including phenoxy) is 1. The molecule has 152 valence electrons. The van der Waals surface area contributed by atoms with E-state index < -0.39 is 0 Å². The van der Waals surface area contributed by atoms with Crippen molar-refractivity contribution < 1.29 is 4.74 Å². The molecule has 0 saturated heterocycles. The number of hydrogen-bond acceptors (Lipinski definition) is 4. The lowest BCUT2D eigenvalue weighted by molar-refractivity contribution is 0.301. The number of hydrogen-bond donors (Lipinski definition) is 1. The van der Waals surface area contributed by atoms with Gasteiger partial charge in [-0.3, -0.25) is 0 Å². The number of pyridine rings is 1. The van der Waals surface area contributed by atoms with Crippen molar-refractivity contribution >= 4 is 28.4 Å². The number of methoxy groups -OCH3 is 1. The van der Waals surface area contributed by atoms with Crippen LogP contribution in [0.4, 0.5) is 5.82 Å². The fourth-order valence-corrected chi connectivity index (χ4v) is 5.41. The van der Waals surface area contributed by atoms with E-state index in [9.17, 15) is 0 Å². The molecule has 0 amide bonds. The molecular weight excluding hydrogens is 360 g/mol. The standard InChI is InChI=1S/C24H30N4O/c1-15-22-19(13-16-11-18(29-5)12-17-14-24(15,16)17)21-20(28(22)4)7-9-26-23(21)25-8-6-10-27(2)3/h7,9,11-13,17H,6,8,10,14H2,1-5H3,(H,25,26). The SMILES string of the molecule is COC1=CC2CC23C(=C1)C=c1c(n(C)c2ccnc(NCCCN(C)C)c12)=C3C. The highest BCUT2D eigenvalue weighted by Gasteiger charge is 2.59. The number of allylic oxidation sites excluding steroid dienone is 3. The summed E-state index contributed by atoms with van der Waals surface area (Å²) in [6.45, 7) is 4.31. The summed E-state index contributed by atoms with van der Waals surface area (Å²) in [5, 5.41) is 7.48. The number of rotatable bonds is 6. The third-order valence-corrected chi connectivity index (χ3v) is 6.98. The van der Waals surface area contributed by atoms with Gasteiger partial charge in [0.2, 0.25) is 0 Å². The van der Waals surface area contributed by atoms with Crippen molar-refractivity contribution in [2.75, 3.05) is 39.6 Å². The van der Waals surface area contributed by atoms with Crippen LogP contribution in [0.5, 0.6) is 0 Å². The second kappa shape index (κ2) is 6.49. The van der Waals surface area contributed by atoms with Gasteiger partial charge in [-0.05, 0) is 81.8 Å². The number of anilines is 1. The van der Waals surface area contributed by atoms with Gasteiger partial charge < -0.3 is 19.5 Å². The first-order valence-electron chi connectivity index (χ1n) is 10.5. The van der Waals surface area contributed by atoms with E-state index in [0.29, 0.717) is 5.92 Å². The summed E-state index contributed by atoms with van der Waals surface area (Å²) < 4.78 is 7.94. The molecule has 29 heavy (non-hydrogen) atoms. The van der Waals surface area contributed by atoms with Crippen LogP contribution in [0.2, 0.25) is 0 Å². The molecule has 2 heterocycles. The molecule has 2 aromatic rings. The minimum Gasteiger partial charge on any atom is -0.497 e. The van der Waals surface area contributed by atoms with Gasteiger partial charge in [-0.25, -0.2) is 4.98 Å². The number of aryl methyl sites for hydroxylation is 1. The number of aromatic nitrogens is 2. The van der Waals surface area contributed by atoms with Crippen LogP contribution in [-0.2, 0) is 11.8 Å². The van der Waals surface area contributed by atoms with E-state index in [2.05, 4.69) is 67.1 Å². The van der Waals surface area contributed by atoms with Gasteiger partial charge in [-0.15, -0.1) is 0 Å². The van der Waals surface area contributed by atoms with E-state index in [-0.39, 0.29) is 5.41 Å². The molecule has 0 bridgehead atoms. The van der Waals surface area contributed by atoms with Crippen molar-refractivity contribution in [2.45, 2.75) is 19.8 Å². The summed E-state index contributed by atoms with van der Waals surface area (Å²) in [6, 6.07) is 2.14. The summed E-state index contributed by atoms with van der Waals surface area (Å²) in [5.74, 6) is 2.54. The first-order chi connectivity index (χ1) is 14.0. The lowest BCUT2D eigenvalue weighted by Gasteiger charge is -2.26. The average Bonchev–Trinajstić information content (AvgIpc) is 3.38. The molecule has 5 nitrogen and oxygen atoms in total. The van der Waals surface area contributed by atoms with Crippen molar-refractivity contribution in [1.29, 1.82) is 0 Å². The van der Waals surface area contributed by atoms with Gasteiger partial charge in [-0.2, -0.15) is 0 Å². The van der Waals surface area contributed by atoms with Crippen LogP contribution in [0.15, 0.2) is 35.7 Å². The first kappa shape index (κ1) is 18.5. The Bertz CT molecular complexity index is 1180. The van der Waals surface area contributed by atoms with Crippen LogP contribution in [0.1, 0.15) is 19.8 Å². The Hall–Kier alpha value is -2.53. The Morgan fingerprint density at radius 3 is 2.93 bits per heavy atom. The van der Waals surface area contributed by atoms with E-state index in [1.165, 1.54) is 39.0 Å². The molecule has 0 aromatic carbocycles. The number of fused-ring (bicyclic) bond motifs is 3. The average molecular weight is 391 g/mol. The summed E-state index contributed by atoms with van der Waals surface area (Å²) in [4.78, 5) is 6.93. The molecule has 1 fully saturated rings. The number of nitrogens with one attached hydrogen (secondary N) is 1. The zero-order chi connectivity index (χ0) is 20.3. The second-order valence-corrected chi connectivity index (χ2v) is 8.88. The third kappa shape index (κ3) is 2.60. The van der Waals surface area contributed by atoms with Crippen LogP contribution >= 0.6 is 0 Å². The van der Waals surface area contributed by atoms with Crippen molar-refractivity contribution in [1.82, 2.24) is 14.5 Å². The molecule has 2 unspecified atom stereocenters. The van der Waals surface area contributed by atoms with Crippen LogP contribution in [0.25, 0.3) is 22.6 Å². The molecule has 1 N–H and O–H groups in total. The maximum Gasteiger partial charge on any atom is 0.136 e. The predicted molar refractivity (Wildman–Crippen MR) is 119 cm³/mol. The van der Waals surface area contributed by atoms with Crippen LogP contribution in [0.3, 0.4) is 0 Å². The van der Waals surface area contributed by atoms with Crippen molar-refractivity contribution in [3.8, 4) is 0 Å². The van der Waals surface area contributed by atoms with E-state index in [1.54, 1.807) is 7.11 Å². The molecule has 1 spiro atoms. The van der Waals surface area contributed by atoms with Gasteiger partial charge in [0.1, 0.15) is 11.6 Å². The van der Waals surface area contributed by atoms with E-state index in [0.717, 1.165) is 31.1 Å². The van der Waals surface area contributed by atoms with Gasteiger partial charge in [0.05, 0.1) is 12.6 Å². The third-order valence-electron chi connectivity index (χ3n) is 6.98. The molecule has 3 aliphatic carbocycles.